The zero-order chi connectivity index (χ0) is 20.0. The molecule has 0 bridgehead atoms. The Hall–Kier alpha value is -2.24. The van der Waals surface area contributed by atoms with Crippen LogP contribution in [0.3, 0.4) is 0 Å². The molecule has 1 atom stereocenters. The van der Waals surface area contributed by atoms with Crippen molar-refractivity contribution in [1.82, 2.24) is 10.6 Å². The van der Waals surface area contributed by atoms with E-state index in [1.54, 1.807) is 19.1 Å². The maximum absolute atomic E-state index is 12.9. The predicted molar refractivity (Wildman–Crippen MR) is 110 cm³/mol. The molecule has 0 fully saturated rings. The van der Waals surface area contributed by atoms with Crippen LogP contribution in [-0.2, 0) is 12.7 Å². The third kappa shape index (κ3) is 6.73. The lowest BCUT2D eigenvalue weighted by molar-refractivity contribution is -0.137. The van der Waals surface area contributed by atoms with E-state index in [1.807, 2.05) is 6.92 Å². The number of nitrogens with zero attached hydrogens (tertiary/aromatic N) is 1. The summed E-state index contributed by atoms with van der Waals surface area (Å²) in [5, 5.41) is 6.06. The summed E-state index contributed by atoms with van der Waals surface area (Å²) in [4.78, 5) is 15.4. The van der Waals surface area contributed by atoms with E-state index < -0.39 is 23.7 Å². The van der Waals surface area contributed by atoms with E-state index in [0.29, 0.717) is 23.8 Å². The average Bonchev–Trinajstić information content (AvgIpc) is 3.08. The fraction of sp³-hybridized carbons (Fsp3) is 0.333. The number of furan rings is 1. The molecular weight excluding hydrogens is 488 g/mol. The van der Waals surface area contributed by atoms with Crippen LogP contribution in [0.4, 0.5) is 13.2 Å². The van der Waals surface area contributed by atoms with Crippen LogP contribution in [0.25, 0.3) is 0 Å². The Bertz CT molecular complexity index is 821. The largest absolute Gasteiger partial charge is 0.454 e. The monoisotopic (exact) mass is 510 g/mol. The van der Waals surface area contributed by atoms with Crippen molar-refractivity contribution >= 4 is 35.8 Å². The van der Waals surface area contributed by atoms with Gasteiger partial charge in [-0.25, -0.2) is 4.99 Å². The lowest BCUT2D eigenvalue weighted by Crippen LogP contribution is -2.38. The fourth-order valence-electron chi connectivity index (χ4n) is 2.35. The first kappa shape index (κ1) is 23.8. The minimum atomic E-state index is -4.40. The third-order valence-electron chi connectivity index (χ3n) is 3.71. The molecule has 1 amide bonds. The normalized spacial score (nSPS) is 12.8. The van der Waals surface area contributed by atoms with E-state index in [-0.39, 0.29) is 36.3 Å². The maximum atomic E-state index is 12.9. The van der Waals surface area contributed by atoms with E-state index >= 15 is 0 Å². The molecule has 1 unspecified atom stereocenters. The van der Waals surface area contributed by atoms with E-state index in [9.17, 15) is 18.0 Å². The first-order valence-corrected chi connectivity index (χ1v) is 8.31. The van der Waals surface area contributed by atoms with Gasteiger partial charge >= 0.3 is 6.18 Å². The number of guanidine groups is 1. The van der Waals surface area contributed by atoms with Crippen LogP contribution in [0.15, 0.2) is 45.8 Å². The summed E-state index contributed by atoms with van der Waals surface area (Å²) in [6.45, 7) is 4.30. The molecule has 0 aliphatic rings. The standard InChI is InChI=1S/C18H21F3N4O2.HI/c1-3-23-17(24-10-14-7-8-15(27-14)16(22)26)25-11(2)12-5-4-6-13(9-12)18(19,20)21;/h4-9,11H,3,10H2,1-2H3,(H2,22,26)(H2,23,24,25);1H. The first-order chi connectivity index (χ1) is 12.7. The average molecular weight is 510 g/mol. The van der Waals surface area contributed by atoms with Crippen LogP contribution in [0.2, 0.25) is 0 Å². The molecule has 0 radical (unpaired) electrons. The number of primary amides is 1. The summed E-state index contributed by atoms with van der Waals surface area (Å²) in [5.41, 5.74) is 4.90. The molecule has 10 heteroatoms. The van der Waals surface area contributed by atoms with Crippen molar-refractivity contribution in [2.75, 3.05) is 6.54 Å². The lowest BCUT2D eigenvalue weighted by Gasteiger charge is -2.19. The van der Waals surface area contributed by atoms with Crippen molar-refractivity contribution in [2.45, 2.75) is 32.6 Å². The molecule has 1 aromatic heterocycles. The Kier molecular flexibility index (Phi) is 8.79. The van der Waals surface area contributed by atoms with E-state index in [2.05, 4.69) is 15.6 Å². The summed E-state index contributed by atoms with van der Waals surface area (Å²) >= 11 is 0. The summed E-state index contributed by atoms with van der Waals surface area (Å²) in [7, 11) is 0. The summed E-state index contributed by atoms with van der Waals surface area (Å²) in [5.74, 6) is 0.205. The van der Waals surface area contributed by atoms with E-state index in [1.165, 1.54) is 12.1 Å². The highest BCUT2D eigenvalue weighted by Gasteiger charge is 2.30. The van der Waals surface area contributed by atoms with Crippen LogP contribution in [0, 0.1) is 0 Å². The molecule has 1 heterocycles. The smallest absolute Gasteiger partial charge is 0.416 e. The Morgan fingerprint density at radius 1 is 1.29 bits per heavy atom. The number of nitrogens with one attached hydrogen (secondary N) is 2. The highest BCUT2D eigenvalue weighted by molar-refractivity contribution is 14.0. The van der Waals surface area contributed by atoms with Gasteiger partial charge in [-0.05, 0) is 43.7 Å². The van der Waals surface area contributed by atoms with Gasteiger partial charge in [0.25, 0.3) is 5.91 Å². The van der Waals surface area contributed by atoms with Crippen molar-refractivity contribution < 1.29 is 22.4 Å². The molecule has 154 valence electrons. The number of halogens is 4. The van der Waals surface area contributed by atoms with Crippen molar-refractivity contribution in [3.8, 4) is 0 Å². The number of carbonyl (C=O) groups excluding carboxylic acids is 1. The maximum Gasteiger partial charge on any atom is 0.416 e. The molecular formula is C18H22F3IN4O2. The molecule has 0 aliphatic heterocycles. The van der Waals surface area contributed by atoms with Gasteiger partial charge in [0.15, 0.2) is 11.7 Å². The highest BCUT2D eigenvalue weighted by atomic mass is 127. The van der Waals surface area contributed by atoms with Crippen LogP contribution in [0.5, 0.6) is 0 Å². The van der Waals surface area contributed by atoms with Gasteiger partial charge in [0.2, 0.25) is 0 Å². The molecule has 0 saturated carbocycles. The van der Waals surface area contributed by atoms with Gasteiger partial charge < -0.3 is 20.8 Å². The molecule has 6 nitrogen and oxygen atoms in total. The molecule has 28 heavy (non-hydrogen) atoms. The van der Waals surface area contributed by atoms with Crippen LogP contribution in [0.1, 0.15) is 47.3 Å². The van der Waals surface area contributed by atoms with Crippen molar-refractivity contribution in [3.05, 3.63) is 59.0 Å². The second-order valence-electron chi connectivity index (χ2n) is 5.81. The van der Waals surface area contributed by atoms with Crippen molar-refractivity contribution in [3.63, 3.8) is 0 Å². The number of aliphatic imine (C=N–C) groups is 1. The molecule has 2 aromatic rings. The second kappa shape index (κ2) is 10.3. The Labute approximate surface area is 177 Å². The number of carbonyl (C=O) groups is 1. The lowest BCUT2D eigenvalue weighted by atomic mass is 10.1. The van der Waals surface area contributed by atoms with Gasteiger partial charge in [-0.3, -0.25) is 4.79 Å². The number of alkyl halides is 3. The SMILES string of the molecule is CCNC(=NCc1ccc(C(N)=O)o1)NC(C)c1cccc(C(F)(F)F)c1.I. The zero-order valence-electron chi connectivity index (χ0n) is 15.3. The van der Waals surface area contributed by atoms with E-state index in [0.717, 1.165) is 12.1 Å². The number of hydrogen-bond donors (Lipinski definition) is 3. The molecule has 0 saturated heterocycles. The van der Waals surface area contributed by atoms with Crippen LogP contribution in [-0.4, -0.2) is 18.4 Å². The minimum Gasteiger partial charge on any atom is -0.454 e. The van der Waals surface area contributed by atoms with Crippen LogP contribution < -0.4 is 16.4 Å². The molecule has 4 N–H and O–H groups in total. The number of benzene rings is 1. The quantitative estimate of drug-likeness (QED) is 0.313. The summed E-state index contributed by atoms with van der Waals surface area (Å²) < 4.78 is 43.9. The topological polar surface area (TPSA) is 92.6 Å². The van der Waals surface area contributed by atoms with Crippen molar-refractivity contribution in [2.24, 2.45) is 10.7 Å². The number of rotatable bonds is 6. The Morgan fingerprint density at radius 2 is 2.00 bits per heavy atom. The number of nitrogens with two attached hydrogens (primary N) is 1. The van der Waals surface area contributed by atoms with Gasteiger partial charge in [-0.1, -0.05) is 12.1 Å². The number of amides is 1. The predicted octanol–water partition coefficient (Wildman–Crippen LogP) is 3.83. The highest BCUT2D eigenvalue weighted by Crippen LogP contribution is 2.30. The fourth-order valence-corrected chi connectivity index (χ4v) is 2.35. The number of hydrogen-bond acceptors (Lipinski definition) is 3. The van der Waals surface area contributed by atoms with Gasteiger partial charge in [0.05, 0.1) is 11.6 Å². The van der Waals surface area contributed by atoms with Gasteiger partial charge in [-0.15, -0.1) is 24.0 Å². The first-order valence-electron chi connectivity index (χ1n) is 8.31. The summed E-state index contributed by atoms with van der Waals surface area (Å²) in [6, 6.07) is 7.75. The van der Waals surface area contributed by atoms with E-state index in [4.69, 9.17) is 10.2 Å². The second-order valence-corrected chi connectivity index (χ2v) is 5.81. The zero-order valence-corrected chi connectivity index (χ0v) is 17.7. The molecule has 0 spiro atoms. The van der Waals surface area contributed by atoms with Gasteiger partial charge in [0, 0.05) is 6.54 Å². The van der Waals surface area contributed by atoms with Crippen LogP contribution >= 0.6 is 24.0 Å². The Balaban J connectivity index is 0.00000392. The molecule has 1 aromatic carbocycles. The van der Waals surface area contributed by atoms with Crippen molar-refractivity contribution in [1.29, 1.82) is 0 Å². The van der Waals surface area contributed by atoms with Gasteiger partial charge in [0.1, 0.15) is 12.3 Å². The Morgan fingerprint density at radius 3 is 2.57 bits per heavy atom. The molecule has 2 rings (SSSR count). The third-order valence-corrected chi connectivity index (χ3v) is 3.71. The van der Waals surface area contributed by atoms with Gasteiger partial charge in [-0.2, -0.15) is 13.2 Å². The summed E-state index contributed by atoms with van der Waals surface area (Å²) in [6.07, 6.45) is -4.40. The minimum absolute atomic E-state index is 0. The molecule has 0 aliphatic carbocycles.